The van der Waals surface area contributed by atoms with Crippen molar-refractivity contribution in [3.8, 4) is 11.5 Å². The summed E-state index contributed by atoms with van der Waals surface area (Å²) in [6, 6.07) is 7.98. The Morgan fingerprint density at radius 2 is 1.95 bits per heavy atom. The highest BCUT2D eigenvalue weighted by molar-refractivity contribution is 9.08. The summed E-state index contributed by atoms with van der Waals surface area (Å²) < 4.78 is 11.1. The maximum absolute atomic E-state index is 5.79. The molecule has 0 aliphatic heterocycles. The average molecular weight is 322 g/mol. The van der Waals surface area contributed by atoms with Crippen LogP contribution in [0.4, 0.5) is 0 Å². The Bertz CT molecular complexity index is 558. The first-order valence-electron chi connectivity index (χ1n) is 5.99. The van der Waals surface area contributed by atoms with Gasteiger partial charge in [-0.05, 0) is 36.2 Å². The van der Waals surface area contributed by atoms with E-state index in [1.165, 1.54) is 0 Å². The van der Waals surface area contributed by atoms with Gasteiger partial charge >= 0.3 is 0 Å². The lowest BCUT2D eigenvalue weighted by molar-refractivity contribution is 0.284. The van der Waals surface area contributed by atoms with Gasteiger partial charge in [0.2, 0.25) is 0 Å². The van der Waals surface area contributed by atoms with Crippen LogP contribution in [0.2, 0.25) is 0 Å². The van der Waals surface area contributed by atoms with Gasteiger partial charge < -0.3 is 9.47 Å². The summed E-state index contributed by atoms with van der Waals surface area (Å²) in [5.41, 5.74) is 3.33. The normalized spacial score (nSPS) is 10.3. The topological polar surface area (TPSA) is 31.4 Å². The molecule has 4 heteroatoms. The molecular formula is C15H16BrNO2. The van der Waals surface area contributed by atoms with Gasteiger partial charge in [0.05, 0.1) is 7.11 Å². The number of halogens is 1. The molecule has 0 saturated heterocycles. The van der Waals surface area contributed by atoms with Gasteiger partial charge in [-0.3, -0.25) is 4.98 Å². The molecule has 0 aliphatic rings. The second kappa shape index (κ2) is 6.57. The van der Waals surface area contributed by atoms with Gasteiger partial charge in [-0.25, -0.2) is 0 Å². The van der Waals surface area contributed by atoms with Crippen molar-refractivity contribution in [2.45, 2.75) is 18.9 Å². The van der Waals surface area contributed by atoms with Crippen molar-refractivity contribution in [1.82, 2.24) is 4.98 Å². The lowest BCUT2D eigenvalue weighted by atomic mass is 10.2. The molecule has 0 atom stereocenters. The number of ether oxygens (including phenoxy) is 2. The van der Waals surface area contributed by atoms with Gasteiger partial charge in [-0.15, -0.1) is 0 Å². The molecule has 0 N–H and O–H groups in total. The number of pyridine rings is 1. The van der Waals surface area contributed by atoms with Crippen LogP contribution in [0.15, 0.2) is 36.7 Å². The van der Waals surface area contributed by atoms with E-state index in [0.717, 1.165) is 33.5 Å². The van der Waals surface area contributed by atoms with E-state index in [0.29, 0.717) is 6.61 Å². The predicted octanol–water partition coefficient (Wildman–Crippen LogP) is 3.87. The Morgan fingerprint density at radius 1 is 1.11 bits per heavy atom. The molecule has 0 fully saturated rings. The number of aryl methyl sites for hydroxylation is 1. The summed E-state index contributed by atoms with van der Waals surface area (Å²) >= 11 is 3.42. The summed E-state index contributed by atoms with van der Waals surface area (Å²) in [6.07, 6.45) is 3.64. The molecule has 0 radical (unpaired) electrons. The van der Waals surface area contributed by atoms with Crippen molar-refractivity contribution in [3.63, 3.8) is 0 Å². The van der Waals surface area contributed by atoms with Crippen LogP contribution < -0.4 is 9.47 Å². The Hall–Kier alpha value is -1.55. The fraction of sp³-hybridized carbons (Fsp3) is 0.267. The molecule has 0 unspecified atom stereocenters. The molecule has 1 aromatic carbocycles. The minimum atomic E-state index is 0.485. The summed E-state index contributed by atoms with van der Waals surface area (Å²) in [4.78, 5) is 4.15. The first-order chi connectivity index (χ1) is 9.22. The first-order valence-corrected chi connectivity index (χ1v) is 7.11. The van der Waals surface area contributed by atoms with Gasteiger partial charge in [-0.2, -0.15) is 0 Å². The van der Waals surface area contributed by atoms with E-state index in [1.807, 2.05) is 37.5 Å². The zero-order valence-electron chi connectivity index (χ0n) is 11.0. The summed E-state index contributed by atoms with van der Waals surface area (Å²) in [6.45, 7) is 2.50. The smallest absolute Gasteiger partial charge is 0.161 e. The summed E-state index contributed by atoms with van der Waals surface area (Å²) in [5.74, 6) is 1.49. The number of rotatable bonds is 5. The third kappa shape index (κ3) is 3.70. The molecule has 2 rings (SSSR count). The van der Waals surface area contributed by atoms with E-state index < -0.39 is 0 Å². The maximum atomic E-state index is 5.79. The Balaban J connectivity index is 2.11. The van der Waals surface area contributed by atoms with Crippen LogP contribution in [0, 0.1) is 6.92 Å². The van der Waals surface area contributed by atoms with Crippen LogP contribution in [0.1, 0.15) is 16.7 Å². The number of hydrogen-bond donors (Lipinski definition) is 0. The van der Waals surface area contributed by atoms with Crippen LogP contribution in [0.5, 0.6) is 11.5 Å². The van der Waals surface area contributed by atoms with Crippen molar-refractivity contribution < 1.29 is 9.47 Å². The van der Waals surface area contributed by atoms with Crippen molar-refractivity contribution in [2.75, 3.05) is 7.11 Å². The number of alkyl halides is 1. The zero-order valence-corrected chi connectivity index (χ0v) is 12.6. The standard InChI is InChI=1S/C15H16BrNO2/c1-11-5-13(9-17-8-11)10-19-14-4-3-12(7-16)6-15(14)18-2/h3-6,8-9H,7,10H2,1-2H3. The molecule has 19 heavy (non-hydrogen) atoms. The number of aromatic nitrogens is 1. The summed E-state index contributed by atoms with van der Waals surface area (Å²) in [5, 5.41) is 0.797. The maximum Gasteiger partial charge on any atom is 0.161 e. The lowest BCUT2D eigenvalue weighted by Crippen LogP contribution is -1.99. The Labute approximate surface area is 121 Å². The fourth-order valence-corrected chi connectivity index (χ4v) is 2.12. The molecule has 0 saturated carbocycles. The Morgan fingerprint density at radius 3 is 2.63 bits per heavy atom. The third-order valence-corrected chi connectivity index (χ3v) is 3.36. The molecule has 0 bridgehead atoms. The highest BCUT2D eigenvalue weighted by atomic mass is 79.9. The number of methoxy groups -OCH3 is 1. The molecule has 1 aromatic heterocycles. The highest BCUT2D eigenvalue weighted by Crippen LogP contribution is 2.29. The average Bonchev–Trinajstić information content (AvgIpc) is 2.45. The first kappa shape index (κ1) is 13.9. The van der Waals surface area contributed by atoms with Gasteiger partial charge in [0.1, 0.15) is 6.61 Å². The van der Waals surface area contributed by atoms with Crippen LogP contribution in [-0.4, -0.2) is 12.1 Å². The van der Waals surface area contributed by atoms with Crippen molar-refractivity contribution in [2.24, 2.45) is 0 Å². The van der Waals surface area contributed by atoms with Crippen LogP contribution in [0.25, 0.3) is 0 Å². The van der Waals surface area contributed by atoms with E-state index in [1.54, 1.807) is 7.11 Å². The Kier molecular flexibility index (Phi) is 4.80. The molecule has 2 aromatic rings. The fourth-order valence-electron chi connectivity index (χ4n) is 1.77. The number of nitrogens with zero attached hydrogens (tertiary/aromatic N) is 1. The minimum Gasteiger partial charge on any atom is -0.493 e. The lowest BCUT2D eigenvalue weighted by Gasteiger charge is -2.11. The number of hydrogen-bond acceptors (Lipinski definition) is 3. The SMILES string of the molecule is COc1cc(CBr)ccc1OCc1cncc(C)c1. The second-order valence-corrected chi connectivity index (χ2v) is 4.84. The van der Waals surface area contributed by atoms with E-state index in [-0.39, 0.29) is 0 Å². The largest absolute Gasteiger partial charge is 0.493 e. The molecule has 1 heterocycles. The van der Waals surface area contributed by atoms with E-state index >= 15 is 0 Å². The van der Waals surface area contributed by atoms with Gasteiger partial charge in [-0.1, -0.05) is 22.0 Å². The summed E-state index contributed by atoms with van der Waals surface area (Å²) in [7, 11) is 1.65. The molecule has 0 spiro atoms. The molecule has 100 valence electrons. The number of benzene rings is 1. The van der Waals surface area contributed by atoms with Crippen LogP contribution in [0.3, 0.4) is 0 Å². The minimum absolute atomic E-state index is 0.485. The van der Waals surface area contributed by atoms with Gasteiger partial charge in [0.25, 0.3) is 0 Å². The van der Waals surface area contributed by atoms with E-state index in [4.69, 9.17) is 9.47 Å². The van der Waals surface area contributed by atoms with E-state index in [2.05, 4.69) is 27.0 Å². The second-order valence-electron chi connectivity index (χ2n) is 4.28. The molecular weight excluding hydrogens is 306 g/mol. The van der Waals surface area contributed by atoms with Crippen LogP contribution >= 0.6 is 15.9 Å². The highest BCUT2D eigenvalue weighted by Gasteiger charge is 2.06. The van der Waals surface area contributed by atoms with Crippen LogP contribution in [-0.2, 0) is 11.9 Å². The van der Waals surface area contributed by atoms with Crippen molar-refractivity contribution in [3.05, 3.63) is 53.3 Å². The van der Waals surface area contributed by atoms with Crippen molar-refractivity contribution >= 4 is 15.9 Å². The quantitative estimate of drug-likeness (QED) is 0.783. The third-order valence-electron chi connectivity index (χ3n) is 2.71. The van der Waals surface area contributed by atoms with Crippen molar-refractivity contribution in [1.29, 1.82) is 0 Å². The zero-order chi connectivity index (χ0) is 13.7. The monoisotopic (exact) mass is 321 g/mol. The van der Waals surface area contributed by atoms with E-state index in [9.17, 15) is 0 Å². The molecule has 0 aliphatic carbocycles. The van der Waals surface area contributed by atoms with Gasteiger partial charge in [0.15, 0.2) is 11.5 Å². The predicted molar refractivity (Wildman–Crippen MR) is 78.9 cm³/mol. The van der Waals surface area contributed by atoms with Gasteiger partial charge in [0, 0.05) is 23.3 Å². The molecule has 0 amide bonds. The molecule has 3 nitrogen and oxygen atoms in total.